The molecule has 0 aliphatic heterocycles. The third-order valence-corrected chi connectivity index (χ3v) is 2.80. The van der Waals surface area contributed by atoms with Crippen LogP contribution in [0.15, 0.2) is 60.4 Å². The van der Waals surface area contributed by atoms with Gasteiger partial charge in [-0.25, -0.2) is 4.79 Å². The molecule has 0 unspecified atom stereocenters. The number of hydrogen-bond donors (Lipinski definition) is 1. The number of carbonyl (C=O) groups is 1. The van der Waals surface area contributed by atoms with Gasteiger partial charge in [-0.1, -0.05) is 35.9 Å². The fourth-order valence-corrected chi connectivity index (χ4v) is 1.93. The highest BCUT2D eigenvalue weighted by molar-refractivity contribution is 5.80. The molecule has 0 radical (unpaired) electrons. The molecule has 0 fully saturated rings. The summed E-state index contributed by atoms with van der Waals surface area (Å²) in [6, 6.07) is 12.0. The normalized spacial score (nSPS) is 11.3. The summed E-state index contributed by atoms with van der Waals surface area (Å²) in [5.41, 5.74) is 4.12. The lowest BCUT2D eigenvalue weighted by Crippen LogP contribution is -1.93. The Morgan fingerprint density at radius 2 is 1.95 bits per heavy atom. The number of aromatic nitrogens is 1. The van der Waals surface area contributed by atoms with E-state index in [2.05, 4.69) is 4.98 Å². The predicted molar refractivity (Wildman–Crippen MR) is 74.8 cm³/mol. The molecule has 1 heterocycles. The van der Waals surface area contributed by atoms with Crippen LogP contribution >= 0.6 is 0 Å². The molecular weight excluding hydrogens is 238 g/mol. The van der Waals surface area contributed by atoms with Crippen LogP contribution in [0.2, 0.25) is 0 Å². The second kappa shape index (κ2) is 5.96. The molecule has 0 aliphatic carbocycles. The van der Waals surface area contributed by atoms with Gasteiger partial charge in [0, 0.05) is 18.5 Å². The minimum Gasteiger partial charge on any atom is -0.478 e. The highest BCUT2D eigenvalue weighted by Crippen LogP contribution is 2.19. The molecule has 3 heteroatoms. The molecule has 2 rings (SSSR count). The second-order valence-corrected chi connectivity index (χ2v) is 4.44. The number of pyridine rings is 1. The maximum atomic E-state index is 10.6. The standard InChI is InChI=1S/C16H15NO2/c1-12(10-16(18)19)9-13-4-6-14(7-5-13)15-3-2-8-17-11-15/h2-8,10-11H,9H2,1H3,(H,18,19)/b12-10+. The molecule has 0 spiro atoms. The quantitative estimate of drug-likeness (QED) is 0.850. The molecule has 0 atom stereocenters. The Labute approximate surface area is 112 Å². The maximum absolute atomic E-state index is 10.6. The Hall–Kier alpha value is -2.42. The van der Waals surface area contributed by atoms with Crippen LogP contribution in [0, 0.1) is 0 Å². The molecule has 2 aromatic rings. The zero-order valence-corrected chi connectivity index (χ0v) is 10.7. The van der Waals surface area contributed by atoms with Crippen LogP contribution in [-0.4, -0.2) is 16.1 Å². The van der Waals surface area contributed by atoms with Gasteiger partial charge in [0.25, 0.3) is 0 Å². The van der Waals surface area contributed by atoms with Crippen LogP contribution < -0.4 is 0 Å². The number of allylic oxidation sites excluding steroid dienone is 1. The first-order valence-electron chi connectivity index (χ1n) is 6.04. The molecule has 3 nitrogen and oxygen atoms in total. The van der Waals surface area contributed by atoms with Gasteiger partial charge in [-0.15, -0.1) is 0 Å². The van der Waals surface area contributed by atoms with Crippen LogP contribution in [0.4, 0.5) is 0 Å². The fourth-order valence-electron chi connectivity index (χ4n) is 1.93. The lowest BCUT2D eigenvalue weighted by atomic mass is 10.0. The first kappa shape index (κ1) is 13.0. The van der Waals surface area contributed by atoms with E-state index < -0.39 is 5.97 Å². The molecule has 0 aliphatic rings. The van der Waals surface area contributed by atoms with E-state index in [-0.39, 0.29) is 0 Å². The largest absolute Gasteiger partial charge is 0.478 e. The van der Waals surface area contributed by atoms with E-state index in [9.17, 15) is 4.79 Å². The molecule has 1 aromatic carbocycles. The third kappa shape index (κ3) is 3.78. The summed E-state index contributed by atoms with van der Waals surface area (Å²) in [7, 11) is 0. The van der Waals surface area contributed by atoms with Crippen LogP contribution in [-0.2, 0) is 11.2 Å². The average Bonchev–Trinajstić information content (AvgIpc) is 2.39. The minimum atomic E-state index is -0.899. The number of carboxylic acid groups (broad SMARTS) is 1. The summed E-state index contributed by atoms with van der Waals surface area (Å²) in [6.07, 6.45) is 5.47. The van der Waals surface area contributed by atoms with Crippen molar-refractivity contribution < 1.29 is 9.90 Å². The lowest BCUT2D eigenvalue weighted by Gasteiger charge is -2.04. The third-order valence-electron chi connectivity index (χ3n) is 2.80. The minimum absolute atomic E-state index is 0.652. The smallest absolute Gasteiger partial charge is 0.328 e. The van der Waals surface area contributed by atoms with E-state index in [4.69, 9.17) is 5.11 Å². The van der Waals surface area contributed by atoms with E-state index in [0.717, 1.165) is 22.3 Å². The first-order valence-corrected chi connectivity index (χ1v) is 6.04. The number of benzene rings is 1. The van der Waals surface area contributed by atoms with Crippen LogP contribution in [0.5, 0.6) is 0 Å². The monoisotopic (exact) mass is 253 g/mol. The van der Waals surface area contributed by atoms with Crippen molar-refractivity contribution in [2.45, 2.75) is 13.3 Å². The molecule has 19 heavy (non-hydrogen) atoms. The zero-order valence-electron chi connectivity index (χ0n) is 10.7. The molecule has 96 valence electrons. The van der Waals surface area contributed by atoms with Gasteiger partial charge in [0.1, 0.15) is 0 Å². The van der Waals surface area contributed by atoms with E-state index in [1.54, 1.807) is 6.20 Å². The molecule has 0 bridgehead atoms. The number of aliphatic carboxylic acids is 1. The molecule has 0 saturated heterocycles. The Kier molecular flexibility index (Phi) is 4.08. The highest BCUT2D eigenvalue weighted by Gasteiger charge is 2.00. The number of hydrogen-bond acceptors (Lipinski definition) is 2. The second-order valence-electron chi connectivity index (χ2n) is 4.44. The van der Waals surface area contributed by atoms with Gasteiger partial charge in [0.2, 0.25) is 0 Å². The van der Waals surface area contributed by atoms with Crippen molar-refractivity contribution in [1.82, 2.24) is 4.98 Å². The van der Waals surface area contributed by atoms with Crippen molar-refractivity contribution in [2.75, 3.05) is 0 Å². The molecule has 0 amide bonds. The molecule has 1 aromatic heterocycles. The summed E-state index contributed by atoms with van der Waals surface area (Å²) in [4.78, 5) is 14.6. The Morgan fingerprint density at radius 1 is 1.21 bits per heavy atom. The average molecular weight is 253 g/mol. The van der Waals surface area contributed by atoms with Crippen molar-refractivity contribution >= 4 is 5.97 Å². The van der Waals surface area contributed by atoms with Crippen molar-refractivity contribution in [3.63, 3.8) is 0 Å². The van der Waals surface area contributed by atoms with Gasteiger partial charge in [-0.2, -0.15) is 0 Å². The number of rotatable bonds is 4. The van der Waals surface area contributed by atoms with E-state index in [1.807, 2.05) is 49.5 Å². The predicted octanol–water partition coefficient (Wildman–Crippen LogP) is 3.32. The Bertz CT molecular complexity index is 586. The van der Waals surface area contributed by atoms with Crippen molar-refractivity contribution in [2.24, 2.45) is 0 Å². The molecule has 0 saturated carbocycles. The van der Waals surface area contributed by atoms with Crippen LogP contribution in [0.25, 0.3) is 11.1 Å². The van der Waals surface area contributed by atoms with Crippen molar-refractivity contribution in [1.29, 1.82) is 0 Å². The van der Waals surface area contributed by atoms with Crippen LogP contribution in [0.3, 0.4) is 0 Å². The van der Waals surface area contributed by atoms with E-state index >= 15 is 0 Å². The van der Waals surface area contributed by atoms with Gasteiger partial charge < -0.3 is 5.11 Å². The van der Waals surface area contributed by atoms with Gasteiger partial charge in [-0.3, -0.25) is 4.98 Å². The SMILES string of the molecule is C/C(=C\C(=O)O)Cc1ccc(-c2cccnc2)cc1. The topological polar surface area (TPSA) is 50.2 Å². The first-order chi connectivity index (χ1) is 9.15. The number of nitrogens with zero attached hydrogens (tertiary/aromatic N) is 1. The number of carboxylic acids is 1. The summed E-state index contributed by atoms with van der Waals surface area (Å²) in [5, 5.41) is 8.67. The summed E-state index contributed by atoms with van der Waals surface area (Å²) in [6.45, 7) is 1.82. The van der Waals surface area contributed by atoms with Crippen molar-refractivity contribution in [3.05, 3.63) is 66.0 Å². The fraction of sp³-hybridized carbons (Fsp3) is 0.125. The Morgan fingerprint density at radius 3 is 2.53 bits per heavy atom. The van der Waals surface area contributed by atoms with E-state index in [1.165, 1.54) is 6.08 Å². The summed E-state index contributed by atoms with van der Waals surface area (Å²) in [5.74, 6) is -0.899. The molecular formula is C16H15NO2. The van der Waals surface area contributed by atoms with Gasteiger partial charge in [0.15, 0.2) is 0 Å². The maximum Gasteiger partial charge on any atom is 0.328 e. The highest BCUT2D eigenvalue weighted by atomic mass is 16.4. The zero-order chi connectivity index (χ0) is 13.7. The summed E-state index contributed by atoms with van der Waals surface area (Å²) >= 11 is 0. The van der Waals surface area contributed by atoms with Gasteiger partial charge in [0.05, 0.1) is 0 Å². The summed E-state index contributed by atoms with van der Waals surface area (Å²) < 4.78 is 0. The van der Waals surface area contributed by atoms with Crippen LogP contribution in [0.1, 0.15) is 12.5 Å². The van der Waals surface area contributed by atoms with Gasteiger partial charge in [-0.05, 0) is 36.1 Å². The van der Waals surface area contributed by atoms with Gasteiger partial charge >= 0.3 is 5.97 Å². The Balaban J connectivity index is 2.13. The molecule has 1 N–H and O–H groups in total. The van der Waals surface area contributed by atoms with Crippen molar-refractivity contribution in [3.8, 4) is 11.1 Å². The lowest BCUT2D eigenvalue weighted by molar-refractivity contribution is -0.131. The van der Waals surface area contributed by atoms with E-state index in [0.29, 0.717) is 6.42 Å².